The van der Waals surface area contributed by atoms with Crippen molar-refractivity contribution >= 4 is 16.9 Å². The summed E-state index contributed by atoms with van der Waals surface area (Å²) in [7, 11) is 1.44. The van der Waals surface area contributed by atoms with E-state index in [1.165, 1.54) is 43.5 Å². The molecule has 9 heteroatoms. The summed E-state index contributed by atoms with van der Waals surface area (Å²) in [5.74, 6) is -2.75. The van der Waals surface area contributed by atoms with Gasteiger partial charge in [-0.05, 0) is 49.2 Å². The van der Waals surface area contributed by atoms with Gasteiger partial charge in [0.05, 0.1) is 18.4 Å². The Kier molecular flexibility index (Phi) is 4.89. The van der Waals surface area contributed by atoms with Crippen LogP contribution in [-0.4, -0.2) is 13.1 Å². The van der Waals surface area contributed by atoms with Crippen molar-refractivity contribution < 1.29 is 36.6 Å². The minimum Gasteiger partial charge on any atom is -0.497 e. The molecule has 1 aliphatic rings. The number of hydrogen-bond acceptors (Lipinski definition) is 6. The van der Waals surface area contributed by atoms with Gasteiger partial charge in [-0.25, -0.2) is 0 Å². The first-order chi connectivity index (χ1) is 14.3. The maximum Gasteiger partial charge on any atom is 0.453 e. The van der Waals surface area contributed by atoms with Gasteiger partial charge < -0.3 is 18.6 Å². The predicted octanol–water partition coefficient (Wildman–Crippen LogP) is 4.93. The topological polar surface area (TPSA) is 75.0 Å². The highest BCUT2D eigenvalue weighted by atomic mass is 19.4. The number of halogens is 3. The molecular formula is C21H15F3O6. The van der Waals surface area contributed by atoms with Crippen LogP contribution < -0.4 is 19.6 Å². The van der Waals surface area contributed by atoms with Crippen molar-refractivity contribution in [3.63, 3.8) is 0 Å². The zero-order valence-electron chi connectivity index (χ0n) is 15.6. The summed E-state index contributed by atoms with van der Waals surface area (Å²) in [5, 5.41) is -0.141. The molecule has 4 rings (SSSR count). The number of esters is 1. The number of carbonyl (C=O) groups is 1. The van der Waals surface area contributed by atoms with Crippen molar-refractivity contribution in [3.05, 3.63) is 58.4 Å². The fourth-order valence-corrected chi connectivity index (χ4v) is 2.78. The highest BCUT2D eigenvalue weighted by Gasteiger charge is 2.40. The van der Waals surface area contributed by atoms with E-state index in [9.17, 15) is 22.8 Å². The van der Waals surface area contributed by atoms with Crippen LogP contribution in [0.1, 0.15) is 18.6 Å². The largest absolute Gasteiger partial charge is 0.497 e. The second-order valence-electron chi connectivity index (χ2n) is 6.72. The monoisotopic (exact) mass is 420 g/mol. The molecule has 6 nitrogen and oxygen atoms in total. The molecule has 156 valence electrons. The minimum atomic E-state index is -4.99. The van der Waals surface area contributed by atoms with Crippen molar-refractivity contribution in [2.75, 3.05) is 7.11 Å². The average Bonchev–Trinajstić information content (AvgIpc) is 3.55. The van der Waals surface area contributed by atoms with Crippen LogP contribution in [0.3, 0.4) is 0 Å². The first-order valence-corrected chi connectivity index (χ1v) is 8.98. The summed E-state index contributed by atoms with van der Waals surface area (Å²) in [6, 6.07) is 9.33. The van der Waals surface area contributed by atoms with E-state index in [1.54, 1.807) is 0 Å². The smallest absolute Gasteiger partial charge is 0.453 e. The van der Waals surface area contributed by atoms with Crippen LogP contribution in [-0.2, 0) is 11.0 Å². The summed E-state index contributed by atoms with van der Waals surface area (Å²) in [4.78, 5) is 24.5. The standard InChI is InChI=1S/C21H15F3O6/c1-27-12-4-6-13(7-5-12)28-18-17(25)15-9-8-14(29-20(26)11-2-3-11)10-16(15)30-19(18)21(22,23)24/h4-11H,2-3H2,1H3. The van der Waals surface area contributed by atoms with Gasteiger partial charge in [0.15, 0.2) is 0 Å². The second kappa shape index (κ2) is 7.40. The summed E-state index contributed by atoms with van der Waals surface area (Å²) in [5.41, 5.74) is -1.37. The Labute approximate surface area is 167 Å². The lowest BCUT2D eigenvalue weighted by atomic mass is 10.2. The molecule has 0 spiro atoms. The quantitative estimate of drug-likeness (QED) is 0.431. The Balaban J connectivity index is 1.77. The van der Waals surface area contributed by atoms with E-state index in [0.717, 1.165) is 6.07 Å². The van der Waals surface area contributed by atoms with E-state index in [0.29, 0.717) is 18.6 Å². The third kappa shape index (κ3) is 3.96. The van der Waals surface area contributed by atoms with Crippen molar-refractivity contribution in [2.45, 2.75) is 19.0 Å². The van der Waals surface area contributed by atoms with Gasteiger partial charge in [0.25, 0.3) is 5.76 Å². The molecule has 1 aliphatic carbocycles. The number of benzene rings is 2. The predicted molar refractivity (Wildman–Crippen MR) is 98.9 cm³/mol. The van der Waals surface area contributed by atoms with Crippen molar-refractivity contribution in [2.24, 2.45) is 5.92 Å². The van der Waals surface area contributed by atoms with Crippen molar-refractivity contribution in [1.82, 2.24) is 0 Å². The normalized spacial score (nSPS) is 13.9. The van der Waals surface area contributed by atoms with Gasteiger partial charge in [-0.1, -0.05) is 0 Å². The Morgan fingerprint density at radius 1 is 1.03 bits per heavy atom. The maximum absolute atomic E-state index is 13.6. The van der Waals surface area contributed by atoms with Gasteiger partial charge in [-0.15, -0.1) is 0 Å². The number of rotatable bonds is 5. The molecule has 1 saturated carbocycles. The Bertz CT molecular complexity index is 1160. The highest BCUT2D eigenvalue weighted by Crippen LogP contribution is 2.39. The van der Waals surface area contributed by atoms with Crippen LogP contribution in [0.15, 0.2) is 51.7 Å². The summed E-state index contributed by atoms with van der Waals surface area (Å²) < 4.78 is 61.1. The molecule has 30 heavy (non-hydrogen) atoms. The van der Waals surface area contributed by atoms with E-state index in [-0.39, 0.29) is 28.4 Å². The van der Waals surface area contributed by atoms with E-state index in [4.69, 9.17) is 18.6 Å². The van der Waals surface area contributed by atoms with Crippen LogP contribution in [0.5, 0.6) is 23.0 Å². The molecule has 1 fully saturated rings. The van der Waals surface area contributed by atoms with E-state index in [1.807, 2.05) is 0 Å². The van der Waals surface area contributed by atoms with Crippen molar-refractivity contribution in [1.29, 1.82) is 0 Å². The van der Waals surface area contributed by atoms with Gasteiger partial charge in [-0.3, -0.25) is 9.59 Å². The molecule has 0 saturated heterocycles. The Hall–Kier alpha value is -3.49. The maximum atomic E-state index is 13.6. The summed E-state index contributed by atoms with van der Waals surface area (Å²) >= 11 is 0. The van der Waals surface area contributed by atoms with Crippen LogP contribution in [0, 0.1) is 5.92 Å². The zero-order valence-corrected chi connectivity index (χ0v) is 15.6. The van der Waals surface area contributed by atoms with Gasteiger partial charge in [0.1, 0.15) is 22.8 Å². The second-order valence-corrected chi connectivity index (χ2v) is 6.72. The molecule has 0 amide bonds. The average molecular weight is 420 g/mol. The minimum absolute atomic E-state index is 0.000465. The Morgan fingerprint density at radius 3 is 2.27 bits per heavy atom. The van der Waals surface area contributed by atoms with Gasteiger partial charge >= 0.3 is 12.1 Å². The molecule has 0 radical (unpaired) electrons. The SMILES string of the molecule is COc1ccc(Oc2c(C(F)(F)F)oc3cc(OC(=O)C4CC4)ccc3c2=O)cc1. The number of ether oxygens (including phenoxy) is 3. The van der Waals surface area contributed by atoms with E-state index < -0.39 is 29.1 Å². The van der Waals surface area contributed by atoms with Gasteiger partial charge in [-0.2, -0.15) is 13.2 Å². The fourth-order valence-electron chi connectivity index (χ4n) is 2.78. The first-order valence-electron chi connectivity index (χ1n) is 8.98. The molecule has 0 unspecified atom stereocenters. The fraction of sp³-hybridized carbons (Fsp3) is 0.238. The van der Waals surface area contributed by atoms with Crippen LogP contribution in [0.2, 0.25) is 0 Å². The van der Waals surface area contributed by atoms with Crippen LogP contribution in [0.4, 0.5) is 13.2 Å². The molecule has 0 atom stereocenters. The molecule has 2 aromatic carbocycles. The number of methoxy groups -OCH3 is 1. The molecule has 3 aromatic rings. The highest BCUT2D eigenvalue weighted by molar-refractivity contribution is 5.82. The molecule has 1 aromatic heterocycles. The first kappa shape index (κ1) is 19.8. The lowest BCUT2D eigenvalue weighted by Crippen LogP contribution is -2.15. The van der Waals surface area contributed by atoms with Crippen LogP contribution in [0.25, 0.3) is 11.0 Å². The summed E-state index contributed by atoms with van der Waals surface area (Å²) in [6.45, 7) is 0. The lowest BCUT2D eigenvalue weighted by molar-refractivity contribution is -0.154. The van der Waals surface area contributed by atoms with Crippen LogP contribution >= 0.6 is 0 Å². The molecule has 0 N–H and O–H groups in total. The summed E-state index contributed by atoms with van der Waals surface area (Å²) in [6.07, 6.45) is -3.56. The van der Waals surface area contributed by atoms with Gasteiger partial charge in [0, 0.05) is 6.07 Å². The molecular weight excluding hydrogens is 405 g/mol. The number of alkyl halides is 3. The molecule has 0 bridgehead atoms. The third-order valence-corrected chi connectivity index (χ3v) is 4.49. The van der Waals surface area contributed by atoms with Gasteiger partial charge in [0.2, 0.25) is 11.2 Å². The Morgan fingerprint density at radius 2 is 1.67 bits per heavy atom. The van der Waals surface area contributed by atoms with Crippen molar-refractivity contribution in [3.8, 4) is 23.0 Å². The third-order valence-electron chi connectivity index (χ3n) is 4.49. The molecule has 0 aliphatic heterocycles. The number of carbonyl (C=O) groups excluding carboxylic acids is 1. The van der Waals surface area contributed by atoms with E-state index >= 15 is 0 Å². The zero-order chi connectivity index (χ0) is 21.5. The van der Waals surface area contributed by atoms with E-state index in [2.05, 4.69) is 0 Å². The number of fused-ring (bicyclic) bond motifs is 1. The lowest BCUT2D eigenvalue weighted by Gasteiger charge is -2.14. The number of hydrogen-bond donors (Lipinski definition) is 0. The molecule has 1 heterocycles.